The highest BCUT2D eigenvalue weighted by molar-refractivity contribution is 9.10. The molecule has 0 spiro atoms. The zero-order chi connectivity index (χ0) is 14.7. The Labute approximate surface area is 124 Å². The van der Waals surface area contributed by atoms with Crippen LogP contribution in [0.15, 0.2) is 40.9 Å². The first-order chi connectivity index (χ1) is 9.51. The Hall–Kier alpha value is -1.46. The minimum Gasteiger partial charge on any atom is -0.497 e. The molecule has 0 saturated heterocycles. The highest BCUT2D eigenvalue weighted by Gasteiger charge is 2.16. The summed E-state index contributed by atoms with van der Waals surface area (Å²) in [6, 6.07) is 9.11. The lowest BCUT2D eigenvalue weighted by molar-refractivity contribution is 0.173. The van der Waals surface area contributed by atoms with Crippen LogP contribution in [0.3, 0.4) is 0 Å². The molecule has 0 bridgehead atoms. The fraction of sp³-hybridized carbons (Fsp3) is 0.200. The van der Waals surface area contributed by atoms with Crippen LogP contribution in [0.1, 0.15) is 17.2 Å². The summed E-state index contributed by atoms with van der Waals surface area (Å²) in [6.07, 6.45) is -0.945. The largest absolute Gasteiger partial charge is 0.497 e. The minimum absolute atomic E-state index is 0.0346. The van der Waals surface area contributed by atoms with Gasteiger partial charge in [-0.05, 0) is 45.8 Å². The summed E-state index contributed by atoms with van der Waals surface area (Å²) in [5, 5.41) is 10.1. The van der Waals surface area contributed by atoms with E-state index in [9.17, 15) is 13.9 Å². The van der Waals surface area contributed by atoms with E-state index in [0.717, 1.165) is 17.7 Å². The van der Waals surface area contributed by atoms with Gasteiger partial charge in [-0.1, -0.05) is 12.1 Å². The number of hydrogen-bond donors (Lipinski definition) is 1. The van der Waals surface area contributed by atoms with Crippen LogP contribution in [0, 0.1) is 11.6 Å². The first-order valence-electron chi connectivity index (χ1n) is 5.96. The SMILES string of the molecule is COc1cccc(CC(O)c2cc(F)c(Br)cc2F)c1. The van der Waals surface area contributed by atoms with Gasteiger partial charge in [0.1, 0.15) is 17.4 Å². The van der Waals surface area contributed by atoms with Crippen LogP contribution in [0.2, 0.25) is 0 Å². The summed E-state index contributed by atoms with van der Waals surface area (Å²) in [7, 11) is 1.54. The molecule has 2 rings (SSSR count). The fourth-order valence-electron chi connectivity index (χ4n) is 1.93. The number of hydrogen-bond acceptors (Lipinski definition) is 2. The molecule has 20 heavy (non-hydrogen) atoms. The Balaban J connectivity index is 2.23. The van der Waals surface area contributed by atoms with Gasteiger partial charge in [0, 0.05) is 12.0 Å². The molecule has 0 radical (unpaired) electrons. The maximum Gasteiger partial charge on any atom is 0.137 e. The Morgan fingerprint density at radius 1 is 1.20 bits per heavy atom. The van der Waals surface area contributed by atoms with Crippen LogP contribution in [-0.4, -0.2) is 12.2 Å². The van der Waals surface area contributed by atoms with Crippen molar-refractivity contribution in [3.05, 3.63) is 63.6 Å². The van der Waals surface area contributed by atoms with E-state index in [1.54, 1.807) is 31.4 Å². The predicted molar refractivity (Wildman–Crippen MR) is 75.7 cm³/mol. The van der Waals surface area contributed by atoms with Crippen molar-refractivity contribution in [3.8, 4) is 5.75 Å². The first kappa shape index (κ1) is 14.9. The highest BCUT2D eigenvalue weighted by Crippen LogP contribution is 2.27. The van der Waals surface area contributed by atoms with Crippen LogP contribution < -0.4 is 4.74 Å². The second-order valence-corrected chi connectivity index (χ2v) is 5.21. The molecule has 0 aromatic heterocycles. The van der Waals surface area contributed by atoms with Crippen molar-refractivity contribution in [1.82, 2.24) is 0 Å². The Morgan fingerprint density at radius 2 is 1.95 bits per heavy atom. The normalized spacial score (nSPS) is 12.2. The van der Waals surface area contributed by atoms with E-state index in [1.165, 1.54) is 0 Å². The van der Waals surface area contributed by atoms with Crippen molar-refractivity contribution in [1.29, 1.82) is 0 Å². The smallest absolute Gasteiger partial charge is 0.137 e. The number of aliphatic hydroxyl groups excluding tert-OH is 1. The van der Waals surface area contributed by atoms with E-state index in [4.69, 9.17) is 4.74 Å². The number of rotatable bonds is 4. The van der Waals surface area contributed by atoms with Crippen LogP contribution in [0.5, 0.6) is 5.75 Å². The lowest BCUT2D eigenvalue weighted by atomic mass is 10.0. The topological polar surface area (TPSA) is 29.5 Å². The molecular weight excluding hydrogens is 330 g/mol. The Bertz CT molecular complexity index is 617. The molecular formula is C15H13BrF2O2. The Kier molecular flexibility index (Phi) is 4.73. The van der Waals surface area contributed by atoms with Crippen LogP contribution in [0.4, 0.5) is 8.78 Å². The molecule has 0 heterocycles. The molecule has 2 nitrogen and oxygen atoms in total. The minimum atomic E-state index is -1.12. The molecule has 0 aliphatic heterocycles. The zero-order valence-corrected chi connectivity index (χ0v) is 12.3. The van der Waals surface area contributed by atoms with Gasteiger partial charge in [-0.15, -0.1) is 0 Å². The average Bonchev–Trinajstić information content (AvgIpc) is 2.43. The van der Waals surface area contributed by atoms with Gasteiger partial charge in [0.05, 0.1) is 17.7 Å². The fourth-order valence-corrected chi connectivity index (χ4v) is 2.24. The summed E-state index contributed by atoms with van der Waals surface area (Å²) >= 11 is 2.90. The zero-order valence-electron chi connectivity index (χ0n) is 10.7. The van der Waals surface area contributed by atoms with E-state index in [0.29, 0.717) is 5.75 Å². The maximum absolute atomic E-state index is 13.7. The summed E-state index contributed by atoms with van der Waals surface area (Å²) in [4.78, 5) is 0. The van der Waals surface area contributed by atoms with Crippen molar-refractivity contribution in [2.24, 2.45) is 0 Å². The molecule has 2 aromatic rings. The van der Waals surface area contributed by atoms with E-state index >= 15 is 0 Å². The molecule has 1 unspecified atom stereocenters. The van der Waals surface area contributed by atoms with Crippen molar-refractivity contribution in [2.45, 2.75) is 12.5 Å². The van der Waals surface area contributed by atoms with Crippen molar-refractivity contribution >= 4 is 15.9 Å². The quantitative estimate of drug-likeness (QED) is 0.850. The lowest BCUT2D eigenvalue weighted by Gasteiger charge is -2.13. The van der Waals surface area contributed by atoms with Gasteiger partial charge < -0.3 is 9.84 Å². The summed E-state index contributed by atoms with van der Waals surface area (Å²) in [5.41, 5.74) is 0.716. The van der Waals surface area contributed by atoms with E-state index in [1.807, 2.05) is 0 Å². The molecule has 0 amide bonds. The van der Waals surface area contributed by atoms with Crippen molar-refractivity contribution in [3.63, 3.8) is 0 Å². The number of ether oxygens (including phenoxy) is 1. The second-order valence-electron chi connectivity index (χ2n) is 4.36. The van der Waals surface area contributed by atoms with Gasteiger partial charge in [0.2, 0.25) is 0 Å². The number of methoxy groups -OCH3 is 1. The lowest BCUT2D eigenvalue weighted by Crippen LogP contribution is -2.05. The molecule has 2 aromatic carbocycles. The first-order valence-corrected chi connectivity index (χ1v) is 6.76. The maximum atomic E-state index is 13.7. The van der Waals surface area contributed by atoms with Crippen LogP contribution in [-0.2, 0) is 6.42 Å². The molecule has 0 fully saturated rings. The third kappa shape index (κ3) is 3.35. The van der Waals surface area contributed by atoms with Gasteiger partial charge in [-0.3, -0.25) is 0 Å². The van der Waals surface area contributed by atoms with Crippen molar-refractivity contribution in [2.75, 3.05) is 7.11 Å². The van der Waals surface area contributed by atoms with Gasteiger partial charge in [0.15, 0.2) is 0 Å². The van der Waals surface area contributed by atoms with Gasteiger partial charge in [0.25, 0.3) is 0 Å². The third-order valence-corrected chi connectivity index (χ3v) is 3.57. The van der Waals surface area contributed by atoms with Gasteiger partial charge in [-0.2, -0.15) is 0 Å². The summed E-state index contributed by atoms with van der Waals surface area (Å²) < 4.78 is 32.3. The monoisotopic (exact) mass is 342 g/mol. The van der Waals surface area contributed by atoms with Crippen LogP contribution >= 0.6 is 15.9 Å². The number of halogens is 3. The molecule has 1 atom stereocenters. The third-order valence-electron chi connectivity index (χ3n) is 2.96. The molecule has 0 aliphatic carbocycles. The summed E-state index contributed by atoms with van der Waals surface area (Å²) in [5.74, 6) is -0.600. The van der Waals surface area contributed by atoms with E-state index in [-0.39, 0.29) is 16.5 Å². The summed E-state index contributed by atoms with van der Waals surface area (Å²) in [6.45, 7) is 0. The number of benzene rings is 2. The van der Waals surface area contributed by atoms with Gasteiger partial charge in [-0.25, -0.2) is 8.78 Å². The van der Waals surface area contributed by atoms with E-state index in [2.05, 4.69) is 15.9 Å². The molecule has 5 heteroatoms. The molecule has 0 aliphatic rings. The van der Waals surface area contributed by atoms with Crippen molar-refractivity contribution < 1.29 is 18.6 Å². The van der Waals surface area contributed by atoms with Gasteiger partial charge >= 0.3 is 0 Å². The standard InChI is InChI=1S/C15H13BrF2O2/c1-20-10-4-2-3-9(5-10)6-15(19)11-7-14(18)12(16)8-13(11)17/h2-5,7-8,15,19H,6H2,1H3. The molecule has 106 valence electrons. The molecule has 1 N–H and O–H groups in total. The van der Waals surface area contributed by atoms with Crippen LogP contribution in [0.25, 0.3) is 0 Å². The number of aliphatic hydroxyl groups is 1. The Morgan fingerprint density at radius 3 is 2.65 bits per heavy atom. The second kappa shape index (κ2) is 6.33. The average molecular weight is 343 g/mol. The molecule has 0 saturated carbocycles. The highest BCUT2D eigenvalue weighted by atomic mass is 79.9. The predicted octanol–water partition coefficient (Wildman–Crippen LogP) is 4.01. The van der Waals surface area contributed by atoms with E-state index < -0.39 is 17.7 Å².